The van der Waals surface area contributed by atoms with Crippen LogP contribution in [0.5, 0.6) is 0 Å². The number of carbonyl (C=O) groups is 2. The van der Waals surface area contributed by atoms with Crippen molar-refractivity contribution in [2.45, 2.75) is 18.5 Å². The van der Waals surface area contributed by atoms with Crippen LogP contribution in [0.15, 0.2) is 54.9 Å². The molecule has 0 saturated carbocycles. The van der Waals surface area contributed by atoms with E-state index in [1.54, 1.807) is 6.07 Å². The number of hydrogen-bond acceptors (Lipinski definition) is 3. The molecule has 1 aromatic heterocycles. The highest BCUT2D eigenvalue weighted by Gasteiger charge is 2.34. The van der Waals surface area contributed by atoms with Crippen LogP contribution in [-0.4, -0.2) is 21.6 Å². The molecule has 4 rings (SSSR count). The third-order valence-corrected chi connectivity index (χ3v) is 4.70. The van der Waals surface area contributed by atoms with Crippen LogP contribution in [0.25, 0.3) is 5.69 Å². The van der Waals surface area contributed by atoms with Gasteiger partial charge >= 0.3 is 6.18 Å². The third-order valence-electron chi connectivity index (χ3n) is 4.70. The zero-order valence-corrected chi connectivity index (χ0v) is 15.2. The number of rotatable bonds is 3. The summed E-state index contributed by atoms with van der Waals surface area (Å²) in [5.41, 5.74) is -0.310. The Kier molecular flexibility index (Phi) is 4.76. The number of nitrogens with one attached hydrogen (secondary N) is 2. The zero-order chi connectivity index (χ0) is 21.5. The number of anilines is 2. The summed E-state index contributed by atoms with van der Waals surface area (Å²) in [5, 5.41) is 8.97. The molecule has 0 fully saturated rings. The Hall–Kier alpha value is -3.69. The van der Waals surface area contributed by atoms with E-state index in [1.807, 2.05) is 0 Å². The van der Waals surface area contributed by atoms with Gasteiger partial charge in [-0.3, -0.25) is 9.59 Å². The second kappa shape index (κ2) is 7.29. The Morgan fingerprint density at radius 3 is 2.70 bits per heavy atom. The molecule has 1 aliphatic heterocycles. The highest BCUT2D eigenvalue weighted by atomic mass is 19.4. The van der Waals surface area contributed by atoms with Crippen LogP contribution in [0.1, 0.15) is 23.5 Å². The number of benzene rings is 2. The Balaban J connectivity index is 1.72. The van der Waals surface area contributed by atoms with Gasteiger partial charge in [0.15, 0.2) is 0 Å². The van der Waals surface area contributed by atoms with Gasteiger partial charge in [0.2, 0.25) is 11.8 Å². The largest absolute Gasteiger partial charge is 0.416 e. The molecule has 0 spiro atoms. The highest BCUT2D eigenvalue weighted by Crippen LogP contribution is 2.36. The molecular formula is C20H14F4N4O2. The summed E-state index contributed by atoms with van der Waals surface area (Å²) in [4.78, 5) is 24.9. The molecule has 1 atom stereocenters. The van der Waals surface area contributed by atoms with E-state index in [1.165, 1.54) is 29.2 Å². The average Bonchev–Trinajstić information content (AvgIpc) is 3.20. The maximum atomic E-state index is 13.5. The van der Waals surface area contributed by atoms with Crippen LogP contribution in [0.2, 0.25) is 0 Å². The molecule has 2 amide bonds. The van der Waals surface area contributed by atoms with Gasteiger partial charge in [-0.25, -0.2) is 9.07 Å². The summed E-state index contributed by atoms with van der Waals surface area (Å²) < 4.78 is 54.4. The highest BCUT2D eigenvalue weighted by molar-refractivity contribution is 6.05. The van der Waals surface area contributed by atoms with Gasteiger partial charge in [0.05, 0.1) is 22.9 Å². The van der Waals surface area contributed by atoms with E-state index >= 15 is 0 Å². The minimum Gasteiger partial charge on any atom is -0.326 e. The van der Waals surface area contributed by atoms with Gasteiger partial charge in [-0.1, -0.05) is 6.07 Å². The van der Waals surface area contributed by atoms with Gasteiger partial charge in [-0.05, 0) is 42.0 Å². The Labute approximate surface area is 167 Å². The number of amides is 2. The van der Waals surface area contributed by atoms with Crippen molar-refractivity contribution in [2.75, 3.05) is 10.6 Å². The van der Waals surface area contributed by atoms with Gasteiger partial charge in [0.1, 0.15) is 5.82 Å². The number of aromatic nitrogens is 2. The van der Waals surface area contributed by atoms with Crippen LogP contribution in [0.3, 0.4) is 0 Å². The molecule has 0 radical (unpaired) electrons. The summed E-state index contributed by atoms with van der Waals surface area (Å²) in [6.45, 7) is 0. The van der Waals surface area contributed by atoms with Crippen molar-refractivity contribution in [2.24, 2.45) is 0 Å². The first kappa shape index (κ1) is 19.6. The van der Waals surface area contributed by atoms with Gasteiger partial charge in [0, 0.05) is 24.5 Å². The predicted molar refractivity (Wildman–Crippen MR) is 99.6 cm³/mol. The van der Waals surface area contributed by atoms with E-state index in [0.717, 1.165) is 24.3 Å². The van der Waals surface area contributed by atoms with Gasteiger partial charge < -0.3 is 10.6 Å². The molecule has 1 unspecified atom stereocenters. The van der Waals surface area contributed by atoms with E-state index in [9.17, 15) is 27.2 Å². The lowest BCUT2D eigenvalue weighted by molar-refractivity contribution is -0.137. The van der Waals surface area contributed by atoms with E-state index in [-0.39, 0.29) is 23.5 Å². The van der Waals surface area contributed by atoms with Crippen LogP contribution >= 0.6 is 0 Å². The summed E-state index contributed by atoms with van der Waals surface area (Å²) in [6.07, 6.45) is -1.87. The van der Waals surface area contributed by atoms with E-state index in [4.69, 9.17) is 0 Å². The Bertz CT molecular complexity index is 1130. The predicted octanol–water partition coefficient (Wildman–Crippen LogP) is 4.09. The molecule has 1 aliphatic rings. The first-order valence-corrected chi connectivity index (χ1v) is 8.84. The van der Waals surface area contributed by atoms with Gasteiger partial charge in [0.25, 0.3) is 0 Å². The molecule has 2 heterocycles. The fourth-order valence-corrected chi connectivity index (χ4v) is 3.31. The molecular weight excluding hydrogens is 404 g/mol. The Morgan fingerprint density at radius 2 is 2.00 bits per heavy atom. The topological polar surface area (TPSA) is 76.0 Å². The molecule has 10 heteroatoms. The molecule has 30 heavy (non-hydrogen) atoms. The molecule has 3 aromatic rings. The number of fused-ring (bicyclic) bond motifs is 1. The second-order valence-electron chi connectivity index (χ2n) is 6.71. The smallest absolute Gasteiger partial charge is 0.326 e. The fourth-order valence-electron chi connectivity index (χ4n) is 3.31. The van der Waals surface area contributed by atoms with Crippen LogP contribution in [-0.2, 0) is 15.8 Å². The average molecular weight is 418 g/mol. The molecule has 2 N–H and O–H groups in total. The third kappa shape index (κ3) is 3.76. The van der Waals surface area contributed by atoms with E-state index in [0.29, 0.717) is 5.56 Å². The molecule has 6 nitrogen and oxygen atoms in total. The lowest BCUT2D eigenvalue weighted by Crippen LogP contribution is -2.31. The number of alkyl halides is 3. The summed E-state index contributed by atoms with van der Waals surface area (Å²) in [5.74, 6) is -2.77. The quantitative estimate of drug-likeness (QED) is 0.629. The van der Waals surface area contributed by atoms with Crippen LogP contribution < -0.4 is 10.6 Å². The van der Waals surface area contributed by atoms with Crippen LogP contribution in [0.4, 0.5) is 28.9 Å². The number of hydrogen-bond donors (Lipinski definition) is 2. The first-order chi connectivity index (χ1) is 14.2. The minimum absolute atomic E-state index is 0.117. The molecule has 2 aromatic carbocycles. The van der Waals surface area contributed by atoms with Gasteiger partial charge in [-0.15, -0.1) is 0 Å². The molecule has 0 aliphatic carbocycles. The van der Waals surface area contributed by atoms with Crippen molar-refractivity contribution < 1.29 is 27.2 Å². The lowest BCUT2D eigenvalue weighted by Gasteiger charge is -2.25. The molecule has 154 valence electrons. The maximum absolute atomic E-state index is 13.5. The lowest BCUT2D eigenvalue weighted by atomic mass is 9.89. The SMILES string of the molecule is O=C1CC(C(=O)Nc2cc(C(F)(F)F)ccc2-n2cccn2)c2ccc(F)cc2N1. The molecule has 0 saturated heterocycles. The van der Waals surface area contributed by atoms with Crippen molar-refractivity contribution >= 4 is 23.2 Å². The monoisotopic (exact) mass is 418 g/mol. The number of halogens is 4. The summed E-state index contributed by atoms with van der Waals surface area (Å²) >= 11 is 0. The van der Waals surface area contributed by atoms with Crippen molar-refractivity contribution in [1.29, 1.82) is 0 Å². The van der Waals surface area contributed by atoms with E-state index < -0.39 is 35.3 Å². The summed E-state index contributed by atoms with van der Waals surface area (Å²) in [6, 6.07) is 8.08. The van der Waals surface area contributed by atoms with Crippen molar-refractivity contribution in [1.82, 2.24) is 9.78 Å². The van der Waals surface area contributed by atoms with Crippen molar-refractivity contribution in [3.05, 3.63) is 71.8 Å². The molecule has 0 bridgehead atoms. The van der Waals surface area contributed by atoms with Crippen molar-refractivity contribution in [3.63, 3.8) is 0 Å². The first-order valence-electron chi connectivity index (χ1n) is 8.84. The number of nitrogens with zero attached hydrogens (tertiary/aromatic N) is 2. The van der Waals surface area contributed by atoms with Crippen LogP contribution in [0, 0.1) is 5.82 Å². The normalized spacial score (nSPS) is 16.0. The van der Waals surface area contributed by atoms with Gasteiger partial charge in [-0.2, -0.15) is 18.3 Å². The van der Waals surface area contributed by atoms with E-state index in [2.05, 4.69) is 15.7 Å². The number of carbonyl (C=O) groups excluding carboxylic acids is 2. The minimum atomic E-state index is -4.61. The second-order valence-corrected chi connectivity index (χ2v) is 6.71. The Morgan fingerprint density at radius 1 is 1.20 bits per heavy atom. The zero-order valence-electron chi connectivity index (χ0n) is 15.2. The standard InChI is InChI=1S/C20H14F4N4O2/c21-12-3-4-13-14(10-18(29)26-15(13)9-12)19(30)27-16-8-11(20(22,23)24)2-5-17(16)28-7-1-6-25-28/h1-9,14H,10H2,(H,26,29)(H,27,30). The maximum Gasteiger partial charge on any atom is 0.416 e. The summed E-state index contributed by atoms with van der Waals surface area (Å²) in [7, 11) is 0. The fraction of sp³-hybridized carbons (Fsp3) is 0.150. The van der Waals surface area contributed by atoms with Crippen molar-refractivity contribution in [3.8, 4) is 5.69 Å².